The quantitative estimate of drug-likeness (QED) is 0.0129. The Labute approximate surface area is 543 Å². The minimum absolute atomic E-state index is 0.0435. The minimum Gasteiger partial charge on any atom is -0.388 e. The molecule has 2 heterocycles. The van der Waals surface area contributed by atoms with Gasteiger partial charge in [-0.1, -0.05) is 220 Å². The Kier molecular flexibility index (Phi) is 50.0. The highest BCUT2D eigenvalue weighted by Crippen LogP contribution is 2.44. The van der Waals surface area contributed by atoms with Crippen LogP contribution in [0.5, 0.6) is 0 Å². The van der Waals surface area contributed by atoms with Crippen LogP contribution in [0.15, 0.2) is 12.2 Å². The molecule has 530 valence electrons. The van der Waals surface area contributed by atoms with E-state index in [0.29, 0.717) is 25.7 Å². The van der Waals surface area contributed by atoms with Crippen LogP contribution in [-0.2, 0) is 65.7 Å². The number of amides is 2. The highest BCUT2D eigenvalue weighted by atomic mass is 31.2. The smallest absolute Gasteiger partial charge is 0.388 e. The second kappa shape index (κ2) is 53.4. The molecule has 2 amide bonds. The summed E-state index contributed by atoms with van der Waals surface area (Å²) < 4.78 is 79.2. The molecule has 0 saturated carbocycles. The number of unbranched alkanes of at least 4 members (excludes halogenated alkanes) is 30. The van der Waals surface area contributed by atoms with E-state index in [2.05, 4.69) is 50.5 Å². The molecule has 0 aromatic rings. The van der Waals surface area contributed by atoms with Crippen molar-refractivity contribution in [3.05, 3.63) is 12.2 Å². The van der Waals surface area contributed by atoms with E-state index in [1.54, 1.807) is 7.11 Å². The van der Waals surface area contributed by atoms with Crippen LogP contribution >= 0.6 is 15.6 Å². The normalized spacial score (nSPS) is 22.7. The fourth-order valence-electron chi connectivity index (χ4n) is 11.9. The van der Waals surface area contributed by atoms with Crippen LogP contribution in [0, 0.1) is 0 Å². The summed E-state index contributed by atoms with van der Waals surface area (Å²) in [6.45, 7) is 8.35. The van der Waals surface area contributed by atoms with Crippen molar-refractivity contribution >= 4 is 33.2 Å². The van der Waals surface area contributed by atoms with Crippen molar-refractivity contribution in [2.24, 2.45) is 0 Å². The maximum Gasteiger partial charge on any atom is 0.472 e. The van der Waals surface area contributed by atoms with Gasteiger partial charge in [0.25, 0.3) is 0 Å². The monoisotopic (exact) mass is 1330 g/mol. The molecule has 0 aromatic heterocycles. The number of phosphoric ester groups is 2. The molecule has 0 unspecified atom stereocenters. The van der Waals surface area contributed by atoms with Gasteiger partial charge in [-0.3, -0.25) is 23.4 Å². The number of rotatable bonds is 60. The van der Waals surface area contributed by atoms with E-state index in [-0.39, 0.29) is 63.5 Å². The van der Waals surface area contributed by atoms with E-state index < -0.39 is 89.3 Å². The van der Waals surface area contributed by atoms with Gasteiger partial charge in [0.05, 0.1) is 31.8 Å². The molecular weight excluding hydrogens is 1200 g/mol. The van der Waals surface area contributed by atoms with Crippen molar-refractivity contribution in [2.45, 2.75) is 358 Å². The van der Waals surface area contributed by atoms with Gasteiger partial charge in [-0.2, -0.15) is 0 Å². The number of carbonyl (C=O) groups excluding carboxylic acids is 3. The summed E-state index contributed by atoms with van der Waals surface area (Å²) in [7, 11) is -7.56. The van der Waals surface area contributed by atoms with Gasteiger partial charge in [0.15, 0.2) is 12.6 Å². The standard InChI is InChI=1S/C67H128N2O19P2/c1-7-11-15-19-22-25-26-27-28-29-30-32-34-38-42-46-58(71)68-61-65(83-50-47-55(81-6)45-41-36-18-14-10-4)63(87-89(74,75)76)57(53-80-5)86-66(61)84-51-48-56-62(73)64(82-49-43-39-35-24-21-17-13-9-3)60(67(85-56)88-90(77,78)79)69-59(72)52-54(70)44-40-37-33-31-23-20-16-12-8-2/h25-26,55-57,60-67,73H,7-24,27-53H2,1-6H3,(H,68,71)(H,69,72)(H2,74,75,76)(H2,77,78,79)/b26-25-/t55-,56-,57-,60-,61-,62-,63-,64-,65-,66-,67-/m1/s1. The number of Topliss-reactive ketones (excluding diaryl/α,β-unsaturated/α-hetero) is 1. The molecule has 0 aromatic carbocycles. The Hall–Kier alpha value is -1.75. The predicted molar refractivity (Wildman–Crippen MR) is 351 cm³/mol. The van der Waals surface area contributed by atoms with Gasteiger partial charge in [0.2, 0.25) is 11.8 Å². The van der Waals surface area contributed by atoms with Crippen LogP contribution in [0.1, 0.15) is 291 Å². The van der Waals surface area contributed by atoms with Crippen molar-refractivity contribution < 1.29 is 90.4 Å². The molecule has 0 radical (unpaired) electrons. The summed E-state index contributed by atoms with van der Waals surface area (Å²) in [5, 5.41) is 17.8. The summed E-state index contributed by atoms with van der Waals surface area (Å²) in [5.41, 5.74) is 0. The summed E-state index contributed by atoms with van der Waals surface area (Å²) in [4.78, 5) is 81.9. The van der Waals surface area contributed by atoms with Crippen LogP contribution in [0.4, 0.5) is 0 Å². The molecule has 0 bridgehead atoms. The molecule has 2 saturated heterocycles. The predicted octanol–water partition coefficient (Wildman–Crippen LogP) is 14.0. The number of hydrogen-bond acceptors (Lipinski definition) is 15. The maximum atomic E-state index is 14.1. The van der Waals surface area contributed by atoms with Gasteiger partial charge in [-0.15, -0.1) is 0 Å². The lowest BCUT2D eigenvalue weighted by Crippen LogP contribution is -2.66. The highest BCUT2D eigenvalue weighted by Gasteiger charge is 2.52. The van der Waals surface area contributed by atoms with Crippen molar-refractivity contribution in [3.8, 4) is 0 Å². The molecule has 2 fully saturated rings. The number of hydrogen-bond donors (Lipinski definition) is 7. The van der Waals surface area contributed by atoms with E-state index in [0.717, 1.165) is 154 Å². The lowest BCUT2D eigenvalue weighted by Gasteiger charge is -2.46. The first-order valence-electron chi connectivity index (χ1n) is 35.5. The van der Waals surface area contributed by atoms with Crippen molar-refractivity contribution in [1.82, 2.24) is 10.6 Å². The molecular formula is C67H128N2O19P2. The van der Waals surface area contributed by atoms with E-state index in [9.17, 15) is 48.2 Å². The first-order valence-corrected chi connectivity index (χ1v) is 38.6. The summed E-state index contributed by atoms with van der Waals surface area (Å²) in [6.07, 6.45) is 30.7. The van der Waals surface area contributed by atoms with Crippen LogP contribution in [-0.4, -0.2) is 150 Å². The Morgan fingerprint density at radius 3 is 1.47 bits per heavy atom. The van der Waals surface area contributed by atoms with Crippen LogP contribution < -0.4 is 10.6 Å². The largest absolute Gasteiger partial charge is 0.472 e. The number of nitrogens with one attached hydrogen (secondary N) is 2. The average Bonchev–Trinajstić information content (AvgIpc) is 0.860. The number of methoxy groups -OCH3 is 2. The molecule has 2 aliphatic heterocycles. The number of carbonyl (C=O) groups is 3. The lowest BCUT2D eigenvalue weighted by molar-refractivity contribution is -0.283. The van der Waals surface area contributed by atoms with E-state index in [1.807, 2.05) is 0 Å². The summed E-state index contributed by atoms with van der Waals surface area (Å²) in [5.74, 6) is -1.43. The van der Waals surface area contributed by atoms with E-state index in [4.69, 9.17) is 42.2 Å². The van der Waals surface area contributed by atoms with Gasteiger partial charge < -0.3 is 68.5 Å². The molecule has 2 rings (SSSR count). The molecule has 0 spiro atoms. The fraction of sp³-hybridized carbons (Fsp3) is 0.925. The zero-order valence-corrected chi connectivity index (χ0v) is 58.5. The second-order valence-corrected chi connectivity index (χ2v) is 27.5. The summed E-state index contributed by atoms with van der Waals surface area (Å²) in [6, 6.07) is -2.69. The van der Waals surface area contributed by atoms with E-state index in [1.165, 1.54) is 64.9 Å². The zero-order chi connectivity index (χ0) is 66.1. The molecule has 0 aliphatic carbocycles. The third-order valence-electron chi connectivity index (χ3n) is 17.1. The molecule has 11 atom stereocenters. The van der Waals surface area contributed by atoms with Crippen molar-refractivity contribution in [1.29, 1.82) is 0 Å². The Morgan fingerprint density at radius 2 is 0.933 bits per heavy atom. The molecule has 23 heteroatoms. The third kappa shape index (κ3) is 41.3. The van der Waals surface area contributed by atoms with E-state index >= 15 is 0 Å². The highest BCUT2D eigenvalue weighted by molar-refractivity contribution is 7.46. The van der Waals surface area contributed by atoms with Gasteiger partial charge >= 0.3 is 15.6 Å². The number of aliphatic hydroxyl groups is 1. The summed E-state index contributed by atoms with van der Waals surface area (Å²) >= 11 is 0. The zero-order valence-electron chi connectivity index (χ0n) is 56.7. The van der Waals surface area contributed by atoms with Crippen LogP contribution in [0.3, 0.4) is 0 Å². The number of phosphoric acid groups is 2. The number of aliphatic hydroxyl groups excluding tert-OH is 1. The fourth-order valence-corrected chi connectivity index (χ4v) is 12.9. The molecule has 21 nitrogen and oxygen atoms in total. The molecule has 2 aliphatic rings. The number of ketones is 1. The van der Waals surface area contributed by atoms with Crippen LogP contribution in [0.2, 0.25) is 0 Å². The average molecular weight is 1330 g/mol. The van der Waals surface area contributed by atoms with Crippen LogP contribution in [0.25, 0.3) is 0 Å². The van der Waals surface area contributed by atoms with Crippen molar-refractivity contribution in [2.75, 3.05) is 40.6 Å². The van der Waals surface area contributed by atoms with Gasteiger partial charge in [0, 0.05) is 40.3 Å². The number of ether oxygens (including phenoxy) is 7. The van der Waals surface area contributed by atoms with Gasteiger partial charge in [-0.05, 0) is 64.2 Å². The Bertz CT molecular complexity index is 1910. The maximum absolute atomic E-state index is 14.1. The number of allylic oxidation sites excluding steroid dienone is 2. The van der Waals surface area contributed by atoms with Gasteiger partial charge in [0.1, 0.15) is 48.4 Å². The SMILES string of the molecule is CCCCCC/C=C\CCCCCCCCCC(=O)N[C@H]1[C@H](OCC[C@H]2O[C@H](OP(=O)(O)O)[C@H](NC(=O)CC(=O)CCCCCCCCCCC)[C@@H](OCCCCCCCCCC)[C@@H]2O)O[C@H](COC)[C@@H](OP(=O)(O)O)[C@@H]1OCC[C@@H](CCCCCCC)OC. The first-order chi connectivity index (χ1) is 43.4. The minimum atomic E-state index is -5.34. The molecule has 90 heavy (non-hydrogen) atoms. The third-order valence-corrected chi connectivity index (χ3v) is 18.1. The first kappa shape index (κ1) is 84.3. The second-order valence-electron chi connectivity index (χ2n) is 25.2. The molecule has 7 N–H and O–H groups in total. The Balaban J connectivity index is 2.40. The van der Waals surface area contributed by atoms with Crippen molar-refractivity contribution in [3.63, 3.8) is 0 Å². The Morgan fingerprint density at radius 1 is 0.478 bits per heavy atom. The topological polar surface area (TPSA) is 294 Å². The lowest BCUT2D eigenvalue weighted by atomic mass is 9.94. The van der Waals surface area contributed by atoms with Gasteiger partial charge in [-0.25, -0.2) is 9.13 Å².